The zero-order valence-corrected chi connectivity index (χ0v) is 11.2. The van der Waals surface area contributed by atoms with E-state index in [-0.39, 0.29) is 5.82 Å². The van der Waals surface area contributed by atoms with Gasteiger partial charge in [0.2, 0.25) is 0 Å². The lowest BCUT2D eigenvalue weighted by Gasteiger charge is -2.39. The molecule has 3 rings (SSSR count). The first-order chi connectivity index (χ1) is 9.19. The van der Waals surface area contributed by atoms with Crippen molar-refractivity contribution in [3.8, 4) is 5.75 Å². The van der Waals surface area contributed by atoms with E-state index in [1.807, 2.05) is 0 Å². The molecular formula is C14H20FN3O. The van der Waals surface area contributed by atoms with Crippen molar-refractivity contribution >= 4 is 11.4 Å². The molecule has 1 unspecified atom stereocenters. The van der Waals surface area contributed by atoms with E-state index in [4.69, 9.17) is 10.5 Å². The van der Waals surface area contributed by atoms with E-state index in [2.05, 4.69) is 9.80 Å². The molecule has 1 aromatic rings. The van der Waals surface area contributed by atoms with Crippen LogP contribution in [0.5, 0.6) is 5.75 Å². The summed E-state index contributed by atoms with van der Waals surface area (Å²) in [6.45, 7) is 3.95. The summed E-state index contributed by atoms with van der Waals surface area (Å²) >= 11 is 0. The number of fused-ring (bicyclic) bond motifs is 1. The van der Waals surface area contributed by atoms with Crippen molar-refractivity contribution < 1.29 is 9.13 Å². The summed E-state index contributed by atoms with van der Waals surface area (Å²) in [5.74, 6) is 0.287. The Bertz CT molecular complexity index is 480. The van der Waals surface area contributed by atoms with Crippen molar-refractivity contribution in [2.75, 3.05) is 43.9 Å². The molecule has 2 heterocycles. The molecule has 1 aromatic carbocycles. The Kier molecular flexibility index (Phi) is 3.22. The third kappa shape index (κ3) is 2.23. The molecule has 2 fully saturated rings. The van der Waals surface area contributed by atoms with E-state index in [1.165, 1.54) is 25.5 Å². The highest BCUT2D eigenvalue weighted by Crippen LogP contribution is 2.33. The van der Waals surface area contributed by atoms with Crippen molar-refractivity contribution in [2.24, 2.45) is 0 Å². The molecule has 104 valence electrons. The topological polar surface area (TPSA) is 41.7 Å². The molecule has 0 aromatic heterocycles. The van der Waals surface area contributed by atoms with Gasteiger partial charge in [-0.05, 0) is 19.4 Å². The van der Waals surface area contributed by atoms with Crippen LogP contribution in [0.1, 0.15) is 12.8 Å². The van der Waals surface area contributed by atoms with Crippen LogP contribution >= 0.6 is 0 Å². The molecule has 0 radical (unpaired) electrons. The first-order valence-electron chi connectivity index (χ1n) is 6.81. The normalized spacial score (nSPS) is 23.5. The fourth-order valence-electron chi connectivity index (χ4n) is 3.19. The Balaban J connectivity index is 1.85. The molecule has 0 saturated carbocycles. The molecule has 1 atom stereocenters. The second kappa shape index (κ2) is 4.89. The Morgan fingerprint density at radius 3 is 2.95 bits per heavy atom. The number of piperazine rings is 1. The minimum atomic E-state index is -0.259. The molecule has 2 aliphatic rings. The van der Waals surface area contributed by atoms with Gasteiger partial charge in [-0.3, -0.25) is 4.90 Å². The molecule has 5 heteroatoms. The maximum absolute atomic E-state index is 14.1. The van der Waals surface area contributed by atoms with Gasteiger partial charge < -0.3 is 15.4 Å². The van der Waals surface area contributed by atoms with E-state index in [9.17, 15) is 4.39 Å². The molecule has 0 bridgehead atoms. The maximum Gasteiger partial charge on any atom is 0.148 e. The van der Waals surface area contributed by atoms with Crippen molar-refractivity contribution in [1.29, 1.82) is 0 Å². The lowest BCUT2D eigenvalue weighted by atomic mass is 10.1. The number of rotatable bonds is 2. The summed E-state index contributed by atoms with van der Waals surface area (Å²) in [6, 6.07) is 3.64. The number of ether oxygens (including phenoxy) is 1. The molecule has 2 saturated heterocycles. The van der Waals surface area contributed by atoms with Gasteiger partial charge in [-0.2, -0.15) is 0 Å². The van der Waals surface area contributed by atoms with Gasteiger partial charge in [0.1, 0.15) is 11.6 Å². The number of nitrogen functional groups attached to an aromatic ring is 1. The number of nitrogens with zero attached hydrogens (tertiary/aromatic N) is 2. The summed E-state index contributed by atoms with van der Waals surface area (Å²) in [5.41, 5.74) is 6.68. The lowest BCUT2D eigenvalue weighted by Crippen LogP contribution is -2.50. The Morgan fingerprint density at radius 1 is 1.32 bits per heavy atom. The molecular weight excluding hydrogens is 245 g/mol. The van der Waals surface area contributed by atoms with Gasteiger partial charge in [0.05, 0.1) is 18.5 Å². The highest BCUT2D eigenvalue weighted by Gasteiger charge is 2.31. The van der Waals surface area contributed by atoms with Crippen molar-refractivity contribution in [3.63, 3.8) is 0 Å². The van der Waals surface area contributed by atoms with Crippen molar-refractivity contribution in [3.05, 3.63) is 17.9 Å². The fraction of sp³-hybridized carbons (Fsp3) is 0.571. The van der Waals surface area contributed by atoms with Crippen LogP contribution < -0.4 is 15.4 Å². The van der Waals surface area contributed by atoms with Gasteiger partial charge >= 0.3 is 0 Å². The highest BCUT2D eigenvalue weighted by molar-refractivity contribution is 5.63. The van der Waals surface area contributed by atoms with Crippen LogP contribution in [-0.2, 0) is 0 Å². The van der Waals surface area contributed by atoms with E-state index in [1.54, 1.807) is 13.2 Å². The van der Waals surface area contributed by atoms with Crippen LogP contribution in [0, 0.1) is 5.82 Å². The van der Waals surface area contributed by atoms with Crippen LogP contribution in [0.4, 0.5) is 15.8 Å². The van der Waals surface area contributed by atoms with E-state index in [0.717, 1.165) is 19.6 Å². The van der Waals surface area contributed by atoms with E-state index in [0.29, 0.717) is 23.2 Å². The van der Waals surface area contributed by atoms with Gasteiger partial charge in [-0.1, -0.05) is 0 Å². The summed E-state index contributed by atoms with van der Waals surface area (Å²) < 4.78 is 19.3. The Labute approximate surface area is 112 Å². The minimum absolute atomic E-state index is 0.259. The third-order valence-corrected chi connectivity index (χ3v) is 4.23. The molecule has 0 aliphatic carbocycles. The van der Waals surface area contributed by atoms with E-state index >= 15 is 0 Å². The van der Waals surface area contributed by atoms with Gasteiger partial charge in [0.25, 0.3) is 0 Å². The molecule has 0 spiro atoms. The van der Waals surface area contributed by atoms with Gasteiger partial charge in [0, 0.05) is 37.8 Å². The first-order valence-corrected chi connectivity index (χ1v) is 6.81. The third-order valence-electron chi connectivity index (χ3n) is 4.23. The summed E-state index contributed by atoms with van der Waals surface area (Å²) in [6.07, 6.45) is 2.47. The SMILES string of the molecule is COc1cc(N2CCN3CCCC3C2)c(F)cc1N. The number of anilines is 2. The quantitative estimate of drug-likeness (QED) is 0.826. The molecule has 0 amide bonds. The monoisotopic (exact) mass is 265 g/mol. The maximum atomic E-state index is 14.1. The second-order valence-electron chi connectivity index (χ2n) is 5.32. The van der Waals surface area contributed by atoms with Crippen LogP contribution in [0.25, 0.3) is 0 Å². The number of methoxy groups -OCH3 is 1. The largest absolute Gasteiger partial charge is 0.495 e. The number of benzene rings is 1. The number of nitrogens with two attached hydrogens (primary N) is 1. The summed E-state index contributed by atoms with van der Waals surface area (Å²) in [5, 5.41) is 0. The molecule has 2 aliphatic heterocycles. The molecule has 19 heavy (non-hydrogen) atoms. The van der Waals surface area contributed by atoms with Crippen LogP contribution in [0.15, 0.2) is 12.1 Å². The number of halogens is 1. The number of hydrogen-bond donors (Lipinski definition) is 1. The molecule has 4 nitrogen and oxygen atoms in total. The molecule has 2 N–H and O–H groups in total. The minimum Gasteiger partial charge on any atom is -0.495 e. The average Bonchev–Trinajstić information content (AvgIpc) is 2.86. The predicted molar refractivity (Wildman–Crippen MR) is 74.2 cm³/mol. The predicted octanol–water partition coefficient (Wildman–Crippen LogP) is 1.70. The van der Waals surface area contributed by atoms with Crippen LogP contribution in [-0.4, -0.2) is 44.2 Å². The van der Waals surface area contributed by atoms with E-state index < -0.39 is 0 Å². The number of hydrogen-bond acceptors (Lipinski definition) is 4. The highest BCUT2D eigenvalue weighted by atomic mass is 19.1. The van der Waals surface area contributed by atoms with Gasteiger partial charge in [-0.15, -0.1) is 0 Å². The van der Waals surface area contributed by atoms with Crippen molar-refractivity contribution in [1.82, 2.24) is 4.90 Å². The van der Waals surface area contributed by atoms with Crippen LogP contribution in [0.3, 0.4) is 0 Å². The first kappa shape index (κ1) is 12.5. The fourth-order valence-corrected chi connectivity index (χ4v) is 3.19. The summed E-state index contributed by atoms with van der Waals surface area (Å²) in [7, 11) is 1.56. The average molecular weight is 265 g/mol. The Morgan fingerprint density at radius 2 is 2.16 bits per heavy atom. The van der Waals surface area contributed by atoms with Gasteiger partial charge in [-0.25, -0.2) is 4.39 Å². The van der Waals surface area contributed by atoms with Crippen molar-refractivity contribution in [2.45, 2.75) is 18.9 Å². The zero-order valence-electron chi connectivity index (χ0n) is 11.2. The van der Waals surface area contributed by atoms with Gasteiger partial charge in [0.15, 0.2) is 0 Å². The standard InChI is InChI=1S/C14H20FN3O/c1-19-14-8-13(11(15)7-12(14)16)18-6-5-17-4-2-3-10(17)9-18/h7-8,10H,2-6,9,16H2,1H3. The van der Waals surface area contributed by atoms with Crippen LogP contribution in [0.2, 0.25) is 0 Å². The summed E-state index contributed by atoms with van der Waals surface area (Å²) in [4.78, 5) is 4.62. The Hall–Kier alpha value is -1.49. The zero-order chi connectivity index (χ0) is 13.4. The smallest absolute Gasteiger partial charge is 0.148 e. The second-order valence-corrected chi connectivity index (χ2v) is 5.32. The lowest BCUT2D eigenvalue weighted by molar-refractivity contribution is 0.230.